The van der Waals surface area contributed by atoms with E-state index in [2.05, 4.69) is 18.7 Å². The number of halogens is 1. The number of unbranched alkanes of at least 4 members (excludes halogenated alkanes) is 1. The molecular weight excluding hydrogens is 234 g/mol. The Kier molecular flexibility index (Phi) is 6.23. The molecule has 1 aromatic carbocycles. The zero-order valence-electron chi connectivity index (χ0n) is 10.6. The maximum Gasteiger partial charge on any atom is 0.252 e. The molecule has 2 nitrogen and oxygen atoms in total. The van der Waals surface area contributed by atoms with E-state index >= 15 is 0 Å². The lowest BCUT2D eigenvalue weighted by molar-refractivity contribution is 0.107. The first-order valence-corrected chi connectivity index (χ1v) is 6.56. The van der Waals surface area contributed by atoms with Crippen molar-refractivity contribution in [3.63, 3.8) is 0 Å². The van der Waals surface area contributed by atoms with Crippen LogP contribution in [0.5, 0.6) is 0 Å². The normalized spacial score (nSPS) is 10.8. The minimum atomic E-state index is -0.368. The van der Waals surface area contributed by atoms with E-state index in [9.17, 15) is 4.79 Å². The van der Waals surface area contributed by atoms with Crippen LogP contribution in [0.4, 0.5) is 0 Å². The Bertz CT molecular complexity index is 365. The number of hydrogen-bond donors (Lipinski definition) is 0. The van der Waals surface area contributed by atoms with E-state index in [0.29, 0.717) is 5.56 Å². The molecule has 1 aromatic rings. The van der Waals surface area contributed by atoms with Crippen LogP contribution in [0.2, 0.25) is 0 Å². The van der Waals surface area contributed by atoms with Crippen molar-refractivity contribution in [1.82, 2.24) is 4.90 Å². The largest absolute Gasteiger partial charge is 0.299 e. The highest BCUT2D eigenvalue weighted by Gasteiger charge is 2.10. The molecule has 0 aliphatic heterocycles. The van der Waals surface area contributed by atoms with Crippen molar-refractivity contribution >= 4 is 16.8 Å². The van der Waals surface area contributed by atoms with Crippen molar-refractivity contribution in [1.29, 1.82) is 0 Å². The van der Waals surface area contributed by atoms with E-state index in [1.807, 2.05) is 18.2 Å². The Labute approximate surface area is 109 Å². The van der Waals surface area contributed by atoms with Gasteiger partial charge < -0.3 is 0 Å². The Morgan fingerprint density at radius 2 is 2.00 bits per heavy atom. The van der Waals surface area contributed by atoms with Gasteiger partial charge in [-0.25, -0.2) is 0 Å². The van der Waals surface area contributed by atoms with Crippen molar-refractivity contribution in [2.75, 3.05) is 13.1 Å². The molecule has 0 heterocycles. The molecule has 0 saturated carbocycles. The summed E-state index contributed by atoms with van der Waals surface area (Å²) in [5, 5.41) is -0.368. The first-order valence-electron chi connectivity index (χ1n) is 6.19. The van der Waals surface area contributed by atoms with Crippen molar-refractivity contribution in [2.45, 2.75) is 33.2 Å². The first-order chi connectivity index (χ1) is 8.19. The molecule has 0 saturated heterocycles. The van der Waals surface area contributed by atoms with Crippen LogP contribution in [0.25, 0.3) is 0 Å². The predicted molar refractivity (Wildman–Crippen MR) is 72.5 cm³/mol. The number of benzene rings is 1. The van der Waals surface area contributed by atoms with Crippen LogP contribution in [0, 0.1) is 0 Å². The lowest BCUT2D eigenvalue weighted by atomic mass is 10.1. The van der Waals surface area contributed by atoms with Crippen LogP contribution in [0.15, 0.2) is 24.3 Å². The van der Waals surface area contributed by atoms with Gasteiger partial charge in [-0.3, -0.25) is 9.69 Å². The molecule has 1 rings (SSSR count). The second-order valence-corrected chi connectivity index (χ2v) is 4.50. The fourth-order valence-electron chi connectivity index (χ4n) is 1.82. The van der Waals surface area contributed by atoms with E-state index < -0.39 is 0 Å². The molecule has 0 aromatic heterocycles. The molecule has 0 atom stereocenters. The second kappa shape index (κ2) is 7.46. The van der Waals surface area contributed by atoms with Crippen molar-refractivity contribution in [3.8, 4) is 0 Å². The number of hydrogen-bond acceptors (Lipinski definition) is 2. The van der Waals surface area contributed by atoms with E-state index in [1.165, 1.54) is 12.8 Å². The fraction of sp³-hybridized carbons (Fsp3) is 0.500. The zero-order chi connectivity index (χ0) is 12.7. The summed E-state index contributed by atoms with van der Waals surface area (Å²) in [5.74, 6) is 0. The van der Waals surface area contributed by atoms with E-state index in [-0.39, 0.29) is 5.24 Å². The van der Waals surface area contributed by atoms with Crippen LogP contribution in [0.1, 0.15) is 42.6 Å². The van der Waals surface area contributed by atoms with Crippen LogP contribution >= 0.6 is 11.6 Å². The molecule has 0 fully saturated rings. The SMILES string of the molecule is CCCCN(CC)Cc1ccccc1C(=O)Cl. The molecule has 0 N–H and O–H groups in total. The highest BCUT2D eigenvalue weighted by atomic mass is 35.5. The van der Waals surface area contributed by atoms with Gasteiger partial charge in [0.2, 0.25) is 0 Å². The minimum absolute atomic E-state index is 0.368. The van der Waals surface area contributed by atoms with E-state index in [4.69, 9.17) is 11.6 Å². The highest BCUT2D eigenvalue weighted by Crippen LogP contribution is 2.14. The number of carbonyl (C=O) groups is 1. The van der Waals surface area contributed by atoms with Gasteiger partial charge in [0.15, 0.2) is 0 Å². The molecular formula is C14H20ClNO. The molecule has 3 heteroatoms. The van der Waals surface area contributed by atoms with Crippen LogP contribution < -0.4 is 0 Å². The molecule has 17 heavy (non-hydrogen) atoms. The average Bonchev–Trinajstić information content (AvgIpc) is 2.34. The fourth-order valence-corrected chi connectivity index (χ4v) is 2.01. The summed E-state index contributed by atoms with van der Waals surface area (Å²) >= 11 is 5.58. The molecule has 0 aliphatic carbocycles. The summed E-state index contributed by atoms with van der Waals surface area (Å²) in [6.45, 7) is 7.18. The summed E-state index contributed by atoms with van der Waals surface area (Å²) < 4.78 is 0. The number of rotatable bonds is 7. The van der Waals surface area contributed by atoms with E-state index in [1.54, 1.807) is 6.07 Å². The first kappa shape index (κ1) is 14.2. The van der Waals surface area contributed by atoms with E-state index in [0.717, 1.165) is 25.2 Å². The van der Waals surface area contributed by atoms with Gasteiger partial charge in [0, 0.05) is 12.1 Å². The summed E-state index contributed by atoms with van der Waals surface area (Å²) in [4.78, 5) is 13.6. The third-order valence-electron chi connectivity index (χ3n) is 2.90. The maximum atomic E-state index is 11.3. The summed E-state index contributed by atoms with van der Waals surface area (Å²) in [6.07, 6.45) is 2.37. The Morgan fingerprint density at radius 1 is 1.29 bits per heavy atom. The smallest absolute Gasteiger partial charge is 0.252 e. The highest BCUT2D eigenvalue weighted by molar-refractivity contribution is 6.67. The van der Waals surface area contributed by atoms with Crippen LogP contribution in [-0.2, 0) is 6.54 Å². The van der Waals surface area contributed by atoms with Gasteiger partial charge in [-0.15, -0.1) is 0 Å². The number of nitrogens with zero attached hydrogens (tertiary/aromatic N) is 1. The molecule has 0 radical (unpaired) electrons. The van der Waals surface area contributed by atoms with Crippen LogP contribution in [-0.4, -0.2) is 23.2 Å². The lowest BCUT2D eigenvalue weighted by Crippen LogP contribution is -2.24. The van der Waals surface area contributed by atoms with Crippen molar-refractivity contribution < 1.29 is 4.79 Å². The molecule has 0 aliphatic rings. The average molecular weight is 254 g/mol. The third-order valence-corrected chi connectivity index (χ3v) is 3.10. The van der Waals surface area contributed by atoms with Gasteiger partial charge >= 0.3 is 0 Å². The quantitative estimate of drug-likeness (QED) is 0.691. The third kappa shape index (κ3) is 4.49. The van der Waals surface area contributed by atoms with Gasteiger partial charge in [0.1, 0.15) is 0 Å². The summed E-state index contributed by atoms with van der Waals surface area (Å²) in [5.41, 5.74) is 1.65. The Morgan fingerprint density at radius 3 is 2.59 bits per heavy atom. The molecule has 0 amide bonds. The van der Waals surface area contributed by atoms with Crippen molar-refractivity contribution in [2.24, 2.45) is 0 Å². The van der Waals surface area contributed by atoms with Crippen molar-refractivity contribution in [3.05, 3.63) is 35.4 Å². The topological polar surface area (TPSA) is 20.3 Å². The minimum Gasteiger partial charge on any atom is -0.299 e. The standard InChI is InChI=1S/C14H20ClNO/c1-3-5-10-16(4-2)11-12-8-6-7-9-13(12)14(15)17/h6-9H,3-5,10-11H2,1-2H3. The van der Waals surface area contributed by atoms with Gasteiger partial charge in [-0.2, -0.15) is 0 Å². The summed E-state index contributed by atoms with van der Waals surface area (Å²) in [6, 6.07) is 7.57. The Hall–Kier alpha value is -0.860. The zero-order valence-corrected chi connectivity index (χ0v) is 11.3. The molecule has 0 unspecified atom stereocenters. The Balaban J connectivity index is 2.75. The van der Waals surface area contributed by atoms with Gasteiger partial charge in [0.25, 0.3) is 5.24 Å². The van der Waals surface area contributed by atoms with Gasteiger partial charge in [-0.1, -0.05) is 38.5 Å². The summed E-state index contributed by atoms with van der Waals surface area (Å²) in [7, 11) is 0. The van der Waals surface area contributed by atoms with Gasteiger partial charge in [-0.05, 0) is 42.7 Å². The molecule has 0 bridgehead atoms. The van der Waals surface area contributed by atoms with Crippen LogP contribution in [0.3, 0.4) is 0 Å². The molecule has 0 spiro atoms. The second-order valence-electron chi connectivity index (χ2n) is 4.15. The van der Waals surface area contributed by atoms with Gasteiger partial charge in [0.05, 0.1) is 0 Å². The molecule has 94 valence electrons. The number of carbonyl (C=O) groups excluding carboxylic acids is 1. The lowest BCUT2D eigenvalue weighted by Gasteiger charge is -2.21. The monoisotopic (exact) mass is 253 g/mol. The predicted octanol–water partition coefficient (Wildman–Crippen LogP) is 3.69. The maximum absolute atomic E-state index is 11.3.